The van der Waals surface area contributed by atoms with E-state index in [9.17, 15) is 9.18 Å². The number of anilines is 1. The maximum Gasteiger partial charge on any atom is 0.257 e. The first-order chi connectivity index (χ1) is 9.63. The summed E-state index contributed by atoms with van der Waals surface area (Å²) >= 11 is 0. The van der Waals surface area contributed by atoms with Crippen LogP contribution in [0, 0.1) is 5.82 Å². The van der Waals surface area contributed by atoms with E-state index in [-0.39, 0.29) is 11.5 Å². The van der Waals surface area contributed by atoms with Crippen LogP contribution in [-0.2, 0) is 4.74 Å². The quantitative estimate of drug-likeness (QED) is 0.794. The number of carbonyl (C=O) groups is 1. The topological polar surface area (TPSA) is 54.5 Å². The number of likely N-dealkylation sites (N-methyl/N-ethyl adjacent to an activating group) is 1. The van der Waals surface area contributed by atoms with Gasteiger partial charge in [-0.25, -0.2) is 9.37 Å². The fraction of sp³-hybridized carbons (Fsp3) is 0.571. The number of carbonyl (C=O) groups excluding carboxylic acids is 1. The minimum Gasteiger partial charge on any atom is -0.383 e. The Morgan fingerprint density at radius 3 is 2.85 bits per heavy atom. The van der Waals surface area contributed by atoms with E-state index < -0.39 is 5.82 Å². The van der Waals surface area contributed by atoms with Crippen LogP contribution in [0.25, 0.3) is 0 Å². The van der Waals surface area contributed by atoms with Crippen LogP contribution in [0.5, 0.6) is 0 Å². The van der Waals surface area contributed by atoms with Crippen LogP contribution < -0.4 is 5.32 Å². The summed E-state index contributed by atoms with van der Waals surface area (Å²) in [5, 5.41) is 3.05. The van der Waals surface area contributed by atoms with Crippen molar-refractivity contribution in [1.82, 2.24) is 9.88 Å². The van der Waals surface area contributed by atoms with Crippen molar-refractivity contribution in [1.29, 1.82) is 0 Å². The molecule has 1 amide bonds. The zero-order valence-electron chi connectivity index (χ0n) is 12.3. The van der Waals surface area contributed by atoms with Gasteiger partial charge in [0, 0.05) is 26.7 Å². The molecule has 1 heterocycles. The Labute approximate surface area is 119 Å². The molecule has 0 aliphatic carbocycles. The van der Waals surface area contributed by atoms with Crippen molar-refractivity contribution in [3.63, 3.8) is 0 Å². The summed E-state index contributed by atoms with van der Waals surface area (Å²) in [4.78, 5) is 18.0. The molecule has 0 radical (unpaired) electrons. The van der Waals surface area contributed by atoms with E-state index in [0.717, 1.165) is 12.6 Å². The predicted octanol–water partition coefficient (Wildman–Crippen LogP) is 2.15. The summed E-state index contributed by atoms with van der Waals surface area (Å²) in [5.74, 6) is -0.331. The maximum atomic E-state index is 13.4. The number of nitrogens with one attached hydrogen (secondary N) is 1. The van der Waals surface area contributed by atoms with Gasteiger partial charge in [-0.3, -0.25) is 4.79 Å². The maximum absolute atomic E-state index is 13.4. The molecule has 0 aliphatic heterocycles. The number of rotatable bonds is 8. The van der Waals surface area contributed by atoms with Crippen LogP contribution >= 0.6 is 0 Å². The number of aromatic nitrogens is 1. The number of hydrogen-bond donors (Lipinski definition) is 1. The van der Waals surface area contributed by atoms with Crippen molar-refractivity contribution >= 4 is 11.7 Å². The van der Waals surface area contributed by atoms with Crippen molar-refractivity contribution in [3.05, 3.63) is 23.6 Å². The largest absolute Gasteiger partial charge is 0.383 e. The average molecular weight is 283 g/mol. The van der Waals surface area contributed by atoms with Gasteiger partial charge in [-0.2, -0.15) is 0 Å². The number of halogens is 1. The summed E-state index contributed by atoms with van der Waals surface area (Å²) in [7, 11) is 1.58. The summed E-state index contributed by atoms with van der Waals surface area (Å²) in [6.07, 6.45) is 2.01. The van der Waals surface area contributed by atoms with Gasteiger partial charge >= 0.3 is 0 Å². The van der Waals surface area contributed by atoms with Crippen LogP contribution in [0.3, 0.4) is 0 Å². The minimum atomic E-state index is -0.516. The van der Waals surface area contributed by atoms with Gasteiger partial charge in [0.05, 0.1) is 18.4 Å². The first-order valence-corrected chi connectivity index (χ1v) is 6.81. The van der Waals surface area contributed by atoms with E-state index in [1.807, 2.05) is 13.8 Å². The Bertz CT molecular complexity index is 440. The van der Waals surface area contributed by atoms with Gasteiger partial charge in [0.1, 0.15) is 11.6 Å². The zero-order chi connectivity index (χ0) is 15.0. The van der Waals surface area contributed by atoms with Crippen LogP contribution in [0.4, 0.5) is 10.2 Å². The molecule has 0 aromatic carbocycles. The summed E-state index contributed by atoms with van der Waals surface area (Å²) in [6, 6.07) is 1.22. The molecule has 112 valence electrons. The van der Waals surface area contributed by atoms with Crippen molar-refractivity contribution in [2.24, 2.45) is 0 Å². The lowest BCUT2D eigenvalue weighted by molar-refractivity contribution is 0.0706. The third-order valence-corrected chi connectivity index (χ3v) is 2.86. The lowest BCUT2D eigenvalue weighted by Crippen LogP contribution is -2.34. The third kappa shape index (κ3) is 4.45. The molecule has 0 atom stereocenters. The SMILES string of the molecule is CCCNc1ncc(F)cc1C(=O)N(CC)CCOC. The van der Waals surface area contributed by atoms with E-state index in [1.165, 1.54) is 6.07 Å². The number of amides is 1. The molecule has 0 saturated carbocycles. The molecule has 0 fully saturated rings. The number of ether oxygens (including phenoxy) is 1. The fourth-order valence-electron chi connectivity index (χ4n) is 1.76. The van der Waals surface area contributed by atoms with E-state index in [2.05, 4.69) is 10.3 Å². The van der Waals surface area contributed by atoms with Gasteiger partial charge < -0.3 is 15.0 Å². The summed E-state index contributed by atoms with van der Waals surface area (Å²) in [5.41, 5.74) is 0.261. The Kier molecular flexibility index (Phi) is 6.93. The monoisotopic (exact) mass is 283 g/mol. The van der Waals surface area contributed by atoms with Gasteiger partial charge in [-0.1, -0.05) is 6.92 Å². The molecule has 0 unspecified atom stereocenters. The van der Waals surface area contributed by atoms with Gasteiger partial charge in [0.25, 0.3) is 5.91 Å². The highest BCUT2D eigenvalue weighted by molar-refractivity contribution is 5.98. The molecule has 1 N–H and O–H groups in total. The third-order valence-electron chi connectivity index (χ3n) is 2.86. The number of nitrogens with zero attached hydrogens (tertiary/aromatic N) is 2. The molecule has 0 aliphatic rings. The van der Waals surface area contributed by atoms with E-state index in [1.54, 1.807) is 12.0 Å². The van der Waals surface area contributed by atoms with E-state index >= 15 is 0 Å². The number of pyridine rings is 1. The Morgan fingerprint density at radius 2 is 2.25 bits per heavy atom. The van der Waals surface area contributed by atoms with E-state index in [4.69, 9.17) is 4.74 Å². The van der Waals surface area contributed by atoms with Gasteiger partial charge in [0.15, 0.2) is 0 Å². The summed E-state index contributed by atoms with van der Waals surface area (Å²) in [6.45, 7) is 6.01. The summed E-state index contributed by atoms with van der Waals surface area (Å²) < 4.78 is 18.3. The van der Waals surface area contributed by atoms with Crippen molar-refractivity contribution in [2.45, 2.75) is 20.3 Å². The Morgan fingerprint density at radius 1 is 1.50 bits per heavy atom. The lowest BCUT2D eigenvalue weighted by atomic mass is 10.2. The molecule has 0 saturated heterocycles. The molecule has 20 heavy (non-hydrogen) atoms. The van der Waals surface area contributed by atoms with Crippen LogP contribution in [-0.4, -0.2) is 49.1 Å². The van der Waals surface area contributed by atoms with Crippen molar-refractivity contribution in [2.75, 3.05) is 38.7 Å². The first kappa shape index (κ1) is 16.4. The predicted molar refractivity (Wildman–Crippen MR) is 76.4 cm³/mol. The molecule has 6 heteroatoms. The molecule has 0 spiro atoms. The van der Waals surface area contributed by atoms with Gasteiger partial charge in [-0.05, 0) is 19.4 Å². The average Bonchev–Trinajstić information content (AvgIpc) is 2.46. The Hall–Kier alpha value is -1.69. The minimum absolute atomic E-state index is 0.241. The Balaban J connectivity index is 2.96. The smallest absolute Gasteiger partial charge is 0.257 e. The van der Waals surface area contributed by atoms with Crippen LogP contribution in [0.15, 0.2) is 12.3 Å². The molecule has 1 rings (SSSR count). The molecular weight excluding hydrogens is 261 g/mol. The second-order valence-electron chi connectivity index (χ2n) is 4.35. The van der Waals surface area contributed by atoms with Crippen LogP contribution in [0.2, 0.25) is 0 Å². The molecule has 0 bridgehead atoms. The fourth-order valence-corrected chi connectivity index (χ4v) is 1.76. The molecule has 1 aromatic rings. The number of methoxy groups -OCH3 is 1. The molecular formula is C14H22FN3O2. The van der Waals surface area contributed by atoms with Gasteiger partial charge in [-0.15, -0.1) is 0 Å². The van der Waals surface area contributed by atoms with Crippen LogP contribution in [0.1, 0.15) is 30.6 Å². The number of hydrogen-bond acceptors (Lipinski definition) is 4. The second kappa shape index (κ2) is 8.47. The zero-order valence-corrected chi connectivity index (χ0v) is 12.3. The standard InChI is InChI=1S/C14H22FN3O2/c1-4-6-16-13-12(9-11(15)10-17-13)14(19)18(5-2)7-8-20-3/h9-10H,4-8H2,1-3H3,(H,16,17). The highest BCUT2D eigenvalue weighted by atomic mass is 19.1. The highest BCUT2D eigenvalue weighted by Gasteiger charge is 2.19. The van der Waals surface area contributed by atoms with Gasteiger partial charge in [0.2, 0.25) is 0 Å². The normalized spacial score (nSPS) is 10.4. The highest BCUT2D eigenvalue weighted by Crippen LogP contribution is 2.16. The molecule has 1 aromatic heterocycles. The van der Waals surface area contributed by atoms with Crippen molar-refractivity contribution in [3.8, 4) is 0 Å². The second-order valence-corrected chi connectivity index (χ2v) is 4.35. The van der Waals surface area contributed by atoms with E-state index in [0.29, 0.717) is 32.1 Å². The van der Waals surface area contributed by atoms with Crippen molar-refractivity contribution < 1.29 is 13.9 Å². The molecule has 5 nitrogen and oxygen atoms in total. The lowest BCUT2D eigenvalue weighted by Gasteiger charge is -2.21. The first-order valence-electron chi connectivity index (χ1n) is 6.81.